The second-order valence-electron chi connectivity index (χ2n) is 5.35. The van der Waals surface area contributed by atoms with E-state index in [1.807, 2.05) is 6.07 Å². The van der Waals surface area contributed by atoms with Gasteiger partial charge in [-0.1, -0.05) is 22.4 Å². The zero-order valence-corrected chi connectivity index (χ0v) is 12.8. The molecule has 3 rings (SSSR count). The van der Waals surface area contributed by atoms with E-state index in [0.717, 1.165) is 35.4 Å². The van der Waals surface area contributed by atoms with Gasteiger partial charge < -0.3 is 14.8 Å². The van der Waals surface area contributed by atoms with Crippen molar-refractivity contribution in [3.63, 3.8) is 0 Å². The molecule has 1 heterocycles. The highest BCUT2D eigenvalue weighted by Crippen LogP contribution is 2.42. The Kier molecular flexibility index (Phi) is 3.99. The van der Waals surface area contributed by atoms with Crippen molar-refractivity contribution in [3.8, 4) is 11.5 Å². The van der Waals surface area contributed by atoms with Gasteiger partial charge in [0.25, 0.3) is 0 Å². The van der Waals surface area contributed by atoms with Crippen LogP contribution in [0, 0.1) is 0 Å². The first-order valence-corrected chi connectivity index (χ1v) is 7.84. The fraction of sp³-hybridized carbons (Fsp3) is 0.600. The van der Waals surface area contributed by atoms with Gasteiger partial charge in [-0.05, 0) is 44.4 Å². The Balaban J connectivity index is 1.95. The number of benzene rings is 1. The van der Waals surface area contributed by atoms with Crippen LogP contribution in [0.3, 0.4) is 0 Å². The molecule has 1 N–H and O–H groups in total. The standard InChI is InChI=1S/C15H20BrNO2/c1-18-14-9-10(16)8-12(13-4-2-3-7-17-13)15(14)19-11-5-6-11/h8-9,11,13,17H,2-7H2,1H3. The van der Waals surface area contributed by atoms with Gasteiger partial charge in [0, 0.05) is 16.1 Å². The number of ether oxygens (including phenoxy) is 2. The fourth-order valence-corrected chi connectivity index (χ4v) is 3.05. The molecule has 104 valence electrons. The predicted octanol–water partition coefficient (Wildman–Crippen LogP) is 3.81. The van der Waals surface area contributed by atoms with Gasteiger partial charge in [-0.2, -0.15) is 0 Å². The number of methoxy groups -OCH3 is 1. The molecule has 0 bridgehead atoms. The molecule has 1 aliphatic carbocycles. The van der Waals surface area contributed by atoms with Crippen LogP contribution in [0.25, 0.3) is 0 Å². The molecule has 1 saturated carbocycles. The van der Waals surface area contributed by atoms with Crippen molar-refractivity contribution < 1.29 is 9.47 Å². The summed E-state index contributed by atoms with van der Waals surface area (Å²) in [5.41, 5.74) is 1.23. The summed E-state index contributed by atoms with van der Waals surface area (Å²) in [6, 6.07) is 4.54. The van der Waals surface area contributed by atoms with Crippen LogP contribution in [0.4, 0.5) is 0 Å². The third-order valence-electron chi connectivity index (χ3n) is 3.76. The minimum absolute atomic E-state index is 0.383. The molecule has 1 saturated heterocycles. The lowest BCUT2D eigenvalue weighted by Crippen LogP contribution is -2.27. The minimum Gasteiger partial charge on any atom is -0.493 e. The van der Waals surface area contributed by atoms with E-state index < -0.39 is 0 Å². The third kappa shape index (κ3) is 3.06. The first-order chi connectivity index (χ1) is 9.28. The van der Waals surface area contributed by atoms with E-state index in [9.17, 15) is 0 Å². The van der Waals surface area contributed by atoms with Crippen molar-refractivity contribution in [2.45, 2.75) is 44.2 Å². The predicted molar refractivity (Wildman–Crippen MR) is 78.9 cm³/mol. The van der Waals surface area contributed by atoms with Crippen molar-refractivity contribution in [2.75, 3.05) is 13.7 Å². The Morgan fingerprint density at radius 1 is 1.21 bits per heavy atom. The minimum atomic E-state index is 0.383. The molecule has 0 amide bonds. The van der Waals surface area contributed by atoms with Crippen molar-refractivity contribution in [1.82, 2.24) is 5.32 Å². The van der Waals surface area contributed by atoms with Crippen LogP contribution in [0.1, 0.15) is 43.7 Å². The lowest BCUT2D eigenvalue weighted by atomic mass is 9.96. The highest BCUT2D eigenvalue weighted by molar-refractivity contribution is 9.10. The van der Waals surface area contributed by atoms with Gasteiger partial charge in [0.15, 0.2) is 11.5 Å². The van der Waals surface area contributed by atoms with Gasteiger partial charge in [-0.3, -0.25) is 0 Å². The van der Waals surface area contributed by atoms with Crippen molar-refractivity contribution in [1.29, 1.82) is 0 Å². The van der Waals surface area contributed by atoms with E-state index in [-0.39, 0.29) is 0 Å². The zero-order valence-electron chi connectivity index (χ0n) is 11.2. The van der Waals surface area contributed by atoms with Crippen LogP contribution in [0.2, 0.25) is 0 Å². The SMILES string of the molecule is COc1cc(Br)cc(C2CCCCN2)c1OC1CC1. The first-order valence-electron chi connectivity index (χ1n) is 7.05. The Morgan fingerprint density at radius 2 is 2.05 bits per heavy atom. The molecule has 1 unspecified atom stereocenters. The van der Waals surface area contributed by atoms with Crippen LogP contribution in [-0.4, -0.2) is 19.8 Å². The summed E-state index contributed by atoms with van der Waals surface area (Å²) in [5.74, 6) is 1.77. The molecule has 4 heteroatoms. The molecule has 3 nitrogen and oxygen atoms in total. The molecule has 1 aromatic rings. The molecule has 0 aromatic heterocycles. The van der Waals surface area contributed by atoms with Gasteiger partial charge in [-0.25, -0.2) is 0 Å². The van der Waals surface area contributed by atoms with E-state index in [4.69, 9.17) is 9.47 Å². The third-order valence-corrected chi connectivity index (χ3v) is 4.22. The average Bonchev–Trinajstić information content (AvgIpc) is 3.25. The molecule has 0 radical (unpaired) electrons. The van der Waals surface area contributed by atoms with E-state index in [1.165, 1.54) is 24.8 Å². The maximum Gasteiger partial charge on any atom is 0.166 e. The maximum atomic E-state index is 6.10. The van der Waals surface area contributed by atoms with Crippen molar-refractivity contribution >= 4 is 15.9 Å². The molecule has 1 aliphatic heterocycles. The summed E-state index contributed by atoms with van der Waals surface area (Å²) < 4.78 is 12.7. The normalized spacial score (nSPS) is 23.2. The molecule has 19 heavy (non-hydrogen) atoms. The largest absolute Gasteiger partial charge is 0.493 e. The summed E-state index contributed by atoms with van der Waals surface area (Å²) in [7, 11) is 1.71. The lowest BCUT2D eigenvalue weighted by molar-refractivity contribution is 0.272. The van der Waals surface area contributed by atoms with Crippen molar-refractivity contribution in [3.05, 3.63) is 22.2 Å². The van der Waals surface area contributed by atoms with Gasteiger partial charge in [0.05, 0.1) is 13.2 Å². The topological polar surface area (TPSA) is 30.5 Å². The number of halogens is 1. The van der Waals surface area contributed by atoms with Crippen molar-refractivity contribution in [2.24, 2.45) is 0 Å². The molecule has 2 fully saturated rings. The van der Waals surface area contributed by atoms with Crippen LogP contribution in [0.15, 0.2) is 16.6 Å². The van der Waals surface area contributed by atoms with Gasteiger partial charge in [0.1, 0.15) is 0 Å². The smallest absolute Gasteiger partial charge is 0.166 e. The summed E-state index contributed by atoms with van der Waals surface area (Å²) in [4.78, 5) is 0. The molecule has 2 aliphatic rings. The van der Waals surface area contributed by atoms with Crippen LogP contribution in [0.5, 0.6) is 11.5 Å². The number of piperidine rings is 1. The Hall–Kier alpha value is -0.740. The lowest BCUT2D eigenvalue weighted by Gasteiger charge is -2.27. The van der Waals surface area contributed by atoms with Crippen LogP contribution < -0.4 is 14.8 Å². The first kappa shape index (κ1) is 13.3. The summed E-state index contributed by atoms with van der Waals surface area (Å²) in [5, 5.41) is 3.59. The fourth-order valence-electron chi connectivity index (χ4n) is 2.60. The van der Waals surface area contributed by atoms with E-state index in [1.54, 1.807) is 7.11 Å². The summed E-state index contributed by atoms with van der Waals surface area (Å²) in [6.45, 7) is 1.09. The second-order valence-corrected chi connectivity index (χ2v) is 6.26. The number of rotatable bonds is 4. The molecule has 1 aromatic carbocycles. The number of nitrogens with one attached hydrogen (secondary N) is 1. The van der Waals surface area contributed by atoms with Gasteiger partial charge in [0.2, 0.25) is 0 Å². The second kappa shape index (κ2) is 5.71. The van der Waals surface area contributed by atoms with E-state index in [2.05, 4.69) is 27.3 Å². The van der Waals surface area contributed by atoms with Gasteiger partial charge >= 0.3 is 0 Å². The molecule has 1 atom stereocenters. The van der Waals surface area contributed by atoms with Crippen LogP contribution in [-0.2, 0) is 0 Å². The van der Waals surface area contributed by atoms with E-state index in [0.29, 0.717) is 12.1 Å². The quantitative estimate of drug-likeness (QED) is 0.913. The monoisotopic (exact) mass is 325 g/mol. The molecule has 0 spiro atoms. The number of hydrogen-bond acceptors (Lipinski definition) is 3. The molecular formula is C15H20BrNO2. The van der Waals surface area contributed by atoms with E-state index >= 15 is 0 Å². The Bertz CT molecular complexity index is 454. The maximum absolute atomic E-state index is 6.10. The highest BCUT2D eigenvalue weighted by Gasteiger charge is 2.29. The molecular weight excluding hydrogens is 306 g/mol. The summed E-state index contributed by atoms with van der Waals surface area (Å²) >= 11 is 3.57. The van der Waals surface area contributed by atoms with Gasteiger partial charge in [-0.15, -0.1) is 0 Å². The van der Waals surface area contributed by atoms with Crippen LogP contribution >= 0.6 is 15.9 Å². The Morgan fingerprint density at radius 3 is 2.68 bits per heavy atom. The number of hydrogen-bond donors (Lipinski definition) is 1. The Labute approximate surface area is 122 Å². The average molecular weight is 326 g/mol. The zero-order chi connectivity index (χ0) is 13.2. The highest BCUT2D eigenvalue weighted by atomic mass is 79.9. The summed E-state index contributed by atoms with van der Waals surface area (Å²) in [6.07, 6.45) is 6.42.